The van der Waals surface area contributed by atoms with Gasteiger partial charge in [-0.15, -0.1) is 0 Å². The Balaban J connectivity index is 0.788. The van der Waals surface area contributed by atoms with Crippen LogP contribution in [0, 0.1) is 36.5 Å². The Bertz CT molecular complexity index is 7860. The van der Waals surface area contributed by atoms with Gasteiger partial charge in [0.15, 0.2) is 0 Å². The van der Waals surface area contributed by atoms with Gasteiger partial charge in [0.05, 0.1) is 78.3 Å². The molecule has 6 heterocycles. The summed E-state index contributed by atoms with van der Waals surface area (Å²) in [5.74, 6) is 0. The van der Waals surface area contributed by atoms with Crippen molar-refractivity contribution in [3.8, 4) is 135 Å². The van der Waals surface area contributed by atoms with Crippen LogP contribution in [0.1, 0.15) is 22.5 Å². The number of hydrogen-bond acceptors (Lipinski definition) is 4. The van der Waals surface area contributed by atoms with Crippen molar-refractivity contribution in [3.63, 3.8) is 0 Å². The van der Waals surface area contributed by atoms with Gasteiger partial charge >= 0.3 is 0 Å². The van der Waals surface area contributed by atoms with Crippen molar-refractivity contribution < 1.29 is 0 Å². The van der Waals surface area contributed by atoms with Crippen LogP contribution in [0.2, 0.25) is 0 Å². The largest absolute Gasteiger partial charge is 0.308 e. The Labute approximate surface area is 681 Å². The molecule has 0 saturated carbocycles. The first-order valence-corrected chi connectivity index (χ1v) is 39.9. The Hall–Kier alpha value is -16.0. The van der Waals surface area contributed by atoms with Crippen molar-refractivity contribution >= 4 is 87.2 Å². The summed E-state index contributed by atoms with van der Waals surface area (Å²) in [5, 5.41) is 33.2. The summed E-state index contributed by atoms with van der Waals surface area (Å²) in [5.41, 5.74) is 31.9. The van der Waals surface area contributed by atoms with Crippen LogP contribution in [-0.2, 0) is 0 Å². The number of hydrogen-bond donors (Lipinski definition) is 0. The number of nitriles is 2. The molecular formula is C110H70N8. The fourth-order valence-electron chi connectivity index (χ4n) is 18.3. The minimum absolute atomic E-state index is 0.516. The van der Waals surface area contributed by atoms with E-state index in [-0.39, 0.29) is 0 Å². The van der Waals surface area contributed by atoms with Gasteiger partial charge < -0.3 is 18.3 Å². The van der Waals surface area contributed by atoms with Crippen LogP contribution >= 0.6 is 0 Å². The number of benzene rings is 16. The molecule has 0 fully saturated rings. The summed E-state index contributed by atoms with van der Waals surface area (Å²) in [6, 6.07) is 144. The minimum atomic E-state index is 0.516. The van der Waals surface area contributed by atoms with Crippen LogP contribution in [0.15, 0.2) is 388 Å². The highest BCUT2D eigenvalue weighted by Gasteiger charge is 2.28. The lowest BCUT2D eigenvalue weighted by atomic mass is 9.97. The van der Waals surface area contributed by atoms with Gasteiger partial charge in [0.2, 0.25) is 0 Å². The van der Waals surface area contributed by atoms with Gasteiger partial charge in [0.25, 0.3) is 0 Å². The summed E-state index contributed by atoms with van der Waals surface area (Å²) in [6.45, 7) is 4.10. The van der Waals surface area contributed by atoms with Crippen LogP contribution in [0.3, 0.4) is 0 Å². The number of aryl methyl sites for hydroxylation is 2. The van der Waals surface area contributed by atoms with E-state index in [1.54, 1.807) is 0 Å². The molecule has 0 atom stereocenters. The number of nitrogens with zero attached hydrogens (tertiary/aromatic N) is 8. The van der Waals surface area contributed by atoms with Gasteiger partial charge in [-0.1, -0.05) is 267 Å². The Kier molecular flexibility index (Phi) is 16.3. The molecule has 550 valence electrons. The maximum absolute atomic E-state index is 12.4. The van der Waals surface area contributed by atoms with Crippen LogP contribution in [-0.4, -0.2) is 28.2 Å². The molecule has 0 spiro atoms. The predicted octanol–water partition coefficient (Wildman–Crippen LogP) is 28.2. The van der Waals surface area contributed by atoms with Gasteiger partial charge in [-0.05, 0) is 213 Å². The van der Waals surface area contributed by atoms with Crippen molar-refractivity contribution in [3.05, 3.63) is 411 Å². The molecule has 0 N–H and O–H groups in total. The molecule has 16 aromatic carbocycles. The summed E-state index contributed by atoms with van der Waals surface area (Å²) in [7, 11) is 0. The highest BCUT2D eigenvalue weighted by molar-refractivity contribution is 6.16. The number of aromatic nitrogens is 6. The molecule has 0 saturated heterocycles. The second kappa shape index (κ2) is 28.0. The molecule has 0 bridgehead atoms. The number of pyridine rings is 2. The van der Waals surface area contributed by atoms with Gasteiger partial charge in [-0.2, -0.15) is 10.5 Å². The van der Waals surface area contributed by atoms with E-state index in [9.17, 15) is 10.5 Å². The molecule has 0 unspecified atom stereocenters. The van der Waals surface area contributed by atoms with Crippen LogP contribution < -0.4 is 0 Å². The molecule has 0 radical (unpaired) electrons. The van der Waals surface area contributed by atoms with Gasteiger partial charge in [-0.3, -0.25) is 4.98 Å². The lowest BCUT2D eigenvalue weighted by molar-refractivity contribution is 1.11. The molecule has 6 aromatic heterocycles. The van der Waals surface area contributed by atoms with E-state index in [2.05, 4.69) is 407 Å². The average Bonchev–Trinajstić information content (AvgIpc) is 1.56. The normalized spacial score (nSPS) is 11.6. The summed E-state index contributed by atoms with van der Waals surface area (Å²) >= 11 is 0. The highest BCUT2D eigenvalue weighted by Crippen LogP contribution is 2.48. The summed E-state index contributed by atoms with van der Waals surface area (Å²) in [6.07, 6.45) is 0. The SMILES string of the molecule is Cc1cc(-c2cc(-n3c4ccccc4c4ccc(-c5ccccc5)cc43)c(C#N)c(-n3c4ccc(-c5ccc6c(c5)c5cc(-c7ccccc7)ccc5n6-c5cc(-c6cc(-c7ccccc7)nc(-c7ccccc7)c6)cc(-n6c7ccccc7c7cc(-c8ccccc8)ccc76)c5C#N)cc4c4ccc(-c5ccccc5)cc43)c2)cc(C)n1. The fraction of sp³-hybridized carbons (Fsp3) is 0.0182. The van der Waals surface area contributed by atoms with Crippen LogP contribution in [0.5, 0.6) is 0 Å². The highest BCUT2D eigenvalue weighted by atomic mass is 15.0. The molecule has 22 rings (SSSR count). The first kappa shape index (κ1) is 68.8. The van der Waals surface area contributed by atoms with Crippen LogP contribution in [0.25, 0.3) is 210 Å². The first-order chi connectivity index (χ1) is 58.2. The lowest BCUT2D eigenvalue weighted by Gasteiger charge is -2.19. The third-order valence-electron chi connectivity index (χ3n) is 23.7. The van der Waals surface area contributed by atoms with E-state index < -0.39 is 0 Å². The zero-order valence-corrected chi connectivity index (χ0v) is 64.5. The second-order valence-corrected chi connectivity index (χ2v) is 30.7. The van der Waals surface area contributed by atoms with E-state index in [1.165, 1.54) is 0 Å². The number of fused-ring (bicyclic) bond motifs is 12. The summed E-state index contributed by atoms with van der Waals surface area (Å²) < 4.78 is 9.30. The molecule has 0 aliphatic heterocycles. The molecule has 0 amide bonds. The van der Waals surface area contributed by atoms with Crippen LogP contribution in [0.4, 0.5) is 0 Å². The molecule has 118 heavy (non-hydrogen) atoms. The Morgan fingerprint density at radius 2 is 0.432 bits per heavy atom. The van der Waals surface area contributed by atoms with E-state index in [4.69, 9.17) is 9.97 Å². The predicted molar refractivity (Wildman–Crippen MR) is 487 cm³/mol. The Morgan fingerprint density at radius 1 is 0.186 bits per heavy atom. The molecule has 0 aliphatic carbocycles. The molecule has 22 aromatic rings. The second-order valence-electron chi connectivity index (χ2n) is 30.7. The number of rotatable bonds is 13. The maximum atomic E-state index is 12.4. The standard InChI is InChI=1S/C110H70N8/c1-69-53-83(54-70(2)113-69)85-63-109(117-99-39-23-21-37-87(99)89-47-41-81(61-105(89)117)73-29-13-5-14-30-73)96(68-112)110(64-85)118-102-51-45-79(57-92(102)90-48-42-82(62-106(90)118)74-31-15-6-16-32-74)80-46-52-104-94(58-80)93-56-78(72-27-11-4-12-28-72)44-50-103(93)116(104)108-66-86(84-59-97(75-33-17-7-18-34-75)114-98(60-84)76-35-19-8-20-36-76)65-107(95(108)67-111)115-100-40-24-22-38-88(100)91-55-77(43-49-101(91)115)71-25-9-3-10-26-71/h3-66H,1-2H3. The van der Waals surface area contributed by atoms with Crippen molar-refractivity contribution in [2.45, 2.75) is 13.8 Å². The number of para-hydroxylation sites is 2. The molecule has 0 aliphatic rings. The lowest BCUT2D eigenvalue weighted by Crippen LogP contribution is -2.05. The zero-order valence-electron chi connectivity index (χ0n) is 64.5. The smallest absolute Gasteiger partial charge is 0.104 e. The Morgan fingerprint density at radius 3 is 0.788 bits per heavy atom. The van der Waals surface area contributed by atoms with E-state index in [0.29, 0.717) is 11.1 Å². The van der Waals surface area contributed by atoms with Gasteiger partial charge in [0.1, 0.15) is 23.3 Å². The van der Waals surface area contributed by atoms with Crippen molar-refractivity contribution in [1.29, 1.82) is 10.5 Å². The quantitative estimate of drug-likeness (QED) is 0.115. The maximum Gasteiger partial charge on any atom is 0.104 e. The van der Waals surface area contributed by atoms with Crippen molar-refractivity contribution in [2.24, 2.45) is 0 Å². The van der Waals surface area contributed by atoms with Gasteiger partial charge in [-0.25, -0.2) is 4.98 Å². The molecule has 8 nitrogen and oxygen atoms in total. The van der Waals surface area contributed by atoms with Crippen molar-refractivity contribution in [1.82, 2.24) is 28.2 Å². The minimum Gasteiger partial charge on any atom is -0.308 e. The van der Waals surface area contributed by atoms with E-state index in [0.717, 1.165) is 222 Å². The summed E-state index contributed by atoms with van der Waals surface area (Å²) in [4.78, 5) is 10.3. The van der Waals surface area contributed by atoms with Crippen molar-refractivity contribution in [2.75, 3.05) is 0 Å². The topological polar surface area (TPSA) is 93.1 Å². The molecule has 8 heteroatoms. The van der Waals surface area contributed by atoms with E-state index in [1.807, 2.05) is 26.0 Å². The first-order valence-electron chi connectivity index (χ1n) is 39.9. The third-order valence-corrected chi connectivity index (χ3v) is 23.7. The fourth-order valence-corrected chi connectivity index (χ4v) is 18.3. The monoisotopic (exact) mass is 1500 g/mol. The van der Waals surface area contributed by atoms with E-state index >= 15 is 0 Å². The zero-order chi connectivity index (χ0) is 78.6. The van der Waals surface area contributed by atoms with Gasteiger partial charge in [0, 0.05) is 65.6 Å². The average molecular weight is 1500 g/mol. The molecular weight excluding hydrogens is 1430 g/mol. The third kappa shape index (κ3) is 11.5.